The predicted octanol–water partition coefficient (Wildman–Crippen LogP) is 2.16. The maximum absolute atomic E-state index is 5.19. The molecule has 0 bridgehead atoms. The van der Waals surface area contributed by atoms with Gasteiger partial charge in [0.15, 0.2) is 0 Å². The molecule has 102 valence electrons. The van der Waals surface area contributed by atoms with Crippen molar-refractivity contribution in [3.8, 4) is 0 Å². The zero-order valence-corrected chi connectivity index (χ0v) is 11.8. The Balaban J connectivity index is 2.92. The van der Waals surface area contributed by atoms with Crippen LogP contribution in [0.5, 0.6) is 0 Å². The normalized spacial score (nSPS) is 10.7. The lowest BCUT2D eigenvalue weighted by Crippen LogP contribution is -2.37. The van der Waals surface area contributed by atoms with Gasteiger partial charge in [0.2, 0.25) is 0 Å². The van der Waals surface area contributed by atoms with Crippen LogP contribution < -0.4 is 10.2 Å². The van der Waals surface area contributed by atoms with Crippen LogP contribution in [0.2, 0.25) is 0 Å². The number of anilines is 2. The van der Waals surface area contributed by atoms with Gasteiger partial charge in [-0.25, -0.2) is 9.97 Å². The van der Waals surface area contributed by atoms with Crippen molar-refractivity contribution in [2.45, 2.75) is 32.7 Å². The van der Waals surface area contributed by atoms with Gasteiger partial charge in [-0.05, 0) is 12.8 Å². The van der Waals surface area contributed by atoms with Gasteiger partial charge in [0, 0.05) is 32.8 Å². The molecule has 0 fully saturated rings. The minimum Gasteiger partial charge on any atom is -0.383 e. The van der Waals surface area contributed by atoms with Gasteiger partial charge in [0.1, 0.15) is 18.0 Å². The molecule has 0 aliphatic heterocycles. The maximum Gasteiger partial charge on any atom is 0.134 e. The van der Waals surface area contributed by atoms with E-state index in [4.69, 9.17) is 4.74 Å². The first-order chi connectivity index (χ1) is 8.76. The number of hydrogen-bond donors (Lipinski definition) is 1. The van der Waals surface area contributed by atoms with E-state index >= 15 is 0 Å². The molecule has 0 aromatic carbocycles. The highest BCUT2D eigenvalue weighted by atomic mass is 16.5. The lowest BCUT2D eigenvalue weighted by molar-refractivity contribution is 0.202. The molecule has 5 nitrogen and oxygen atoms in total. The third kappa shape index (κ3) is 3.84. The molecule has 1 N–H and O–H groups in total. The van der Waals surface area contributed by atoms with Crippen LogP contribution in [0.25, 0.3) is 0 Å². The average molecular weight is 252 g/mol. The Labute approximate surface area is 110 Å². The maximum atomic E-state index is 5.19. The molecular formula is C13H24N4O. The zero-order valence-electron chi connectivity index (χ0n) is 11.8. The second-order valence-electron chi connectivity index (χ2n) is 4.17. The fourth-order valence-corrected chi connectivity index (χ4v) is 2.04. The summed E-state index contributed by atoms with van der Waals surface area (Å²) in [5.41, 5.74) is 0. The molecule has 0 spiro atoms. The number of rotatable bonds is 8. The highest BCUT2D eigenvalue weighted by Gasteiger charge is 2.17. The Bertz CT molecular complexity index is 342. The standard InChI is InChI=1S/C13H24N4O/c1-5-11(6-2)17(7-8-18-4)13-9-12(14-3)15-10-16-13/h9-11H,5-8H2,1-4H3,(H,14,15,16). The fourth-order valence-electron chi connectivity index (χ4n) is 2.04. The molecule has 1 aromatic heterocycles. The van der Waals surface area contributed by atoms with Gasteiger partial charge in [0.25, 0.3) is 0 Å². The van der Waals surface area contributed by atoms with Crippen molar-refractivity contribution in [3.63, 3.8) is 0 Å². The molecule has 5 heteroatoms. The zero-order chi connectivity index (χ0) is 13.4. The van der Waals surface area contributed by atoms with Crippen molar-refractivity contribution in [2.24, 2.45) is 0 Å². The van der Waals surface area contributed by atoms with E-state index in [2.05, 4.69) is 34.0 Å². The van der Waals surface area contributed by atoms with E-state index in [1.807, 2.05) is 13.1 Å². The number of aromatic nitrogens is 2. The number of ether oxygens (including phenoxy) is 1. The van der Waals surface area contributed by atoms with Crippen LogP contribution in [0.1, 0.15) is 26.7 Å². The molecule has 0 unspecified atom stereocenters. The summed E-state index contributed by atoms with van der Waals surface area (Å²) in [4.78, 5) is 10.8. The third-order valence-electron chi connectivity index (χ3n) is 3.12. The molecule has 1 rings (SSSR count). The summed E-state index contributed by atoms with van der Waals surface area (Å²) in [5.74, 6) is 1.80. The van der Waals surface area contributed by atoms with E-state index < -0.39 is 0 Å². The van der Waals surface area contributed by atoms with Crippen molar-refractivity contribution in [2.75, 3.05) is 37.5 Å². The highest BCUT2D eigenvalue weighted by molar-refractivity contribution is 5.48. The van der Waals surface area contributed by atoms with Crippen LogP contribution in [0.15, 0.2) is 12.4 Å². The molecule has 1 aromatic rings. The molecule has 1 heterocycles. The summed E-state index contributed by atoms with van der Waals surface area (Å²) in [6, 6.07) is 2.47. The van der Waals surface area contributed by atoms with Gasteiger partial charge in [-0.15, -0.1) is 0 Å². The summed E-state index contributed by atoms with van der Waals surface area (Å²) in [5, 5.41) is 3.04. The minimum absolute atomic E-state index is 0.486. The van der Waals surface area contributed by atoms with Crippen molar-refractivity contribution >= 4 is 11.6 Å². The Morgan fingerprint density at radius 3 is 2.61 bits per heavy atom. The fraction of sp³-hybridized carbons (Fsp3) is 0.692. The van der Waals surface area contributed by atoms with Gasteiger partial charge in [-0.3, -0.25) is 0 Å². The quantitative estimate of drug-likeness (QED) is 0.768. The van der Waals surface area contributed by atoms with Gasteiger partial charge >= 0.3 is 0 Å². The van der Waals surface area contributed by atoms with Crippen LogP contribution in [0.4, 0.5) is 11.6 Å². The lowest BCUT2D eigenvalue weighted by atomic mass is 10.1. The molecule has 0 saturated heterocycles. The van der Waals surface area contributed by atoms with Crippen LogP contribution >= 0.6 is 0 Å². The van der Waals surface area contributed by atoms with Gasteiger partial charge in [0.05, 0.1) is 6.61 Å². The van der Waals surface area contributed by atoms with Crippen LogP contribution in [0.3, 0.4) is 0 Å². The van der Waals surface area contributed by atoms with Gasteiger partial charge in [-0.1, -0.05) is 13.8 Å². The Morgan fingerprint density at radius 1 is 1.33 bits per heavy atom. The Hall–Kier alpha value is -1.36. The summed E-state index contributed by atoms with van der Waals surface area (Å²) in [6.07, 6.45) is 3.79. The van der Waals surface area contributed by atoms with Crippen molar-refractivity contribution in [3.05, 3.63) is 12.4 Å². The van der Waals surface area contributed by atoms with Crippen LogP contribution in [0, 0.1) is 0 Å². The summed E-state index contributed by atoms with van der Waals surface area (Å²) in [7, 11) is 3.59. The summed E-state index contributed by atoms with van der Waals surface area (Å²) in [6.45, 7) is 5.96. The summed E-state index contributed by atoms with van der Waals surface area (Å²) < 4.78 is 5.19. The van der Waals surface area contributed by atoms with Crippen LogP contribution in [-0.4, -0.2) is 43.3 Å². The first kappa shape index (κ1) is 14.7. The van der Waals surface area contributed by atoms with Crippen LogP contribution in [-0.2, 0) is 4.74 Å². The second kappa shape index (κ2) is 7.87. The molecule has 0 saturated carbocycles. The van der Waals surface area contributed by atoms with E-state index in [1.54, 1.807) is 13.4 Å². The topological polar surface area (TPSA) is 50.3 Å². The molecular weight excluding hydrogens is 228 g/mol. The van der Waals surface area contributed by atoms with E-state index in [0.717, 1.165) is 31.0 Å². The van der Waals surface area contributed by atoms with Gasteiger partial charge in [-0.2, -0.15) is 0 Å². The molecule has 18 heavy (non-hydrogen) atoms. The smallest absolute Gasteiger partial charge is 0.134 e. The number of methoxy groups -OCH3 is 1. The minimum atomic E-state index is 0.486. The molecule has 0 aliphatic rings. The van der Waals surface area contributed by atoms with Gasteiger partial charge < -0.3 is 15.0 Å². The van der Waals surface area contributed by atoms with Crippen molar-refractivity contribution < 1.29 is 4.74 Å². The van der Waals surface area contributed by atoms with E-state index in [1.165, 1.54) is 0 Å². The Kier molecular flexibility index (Phi) is 6.43. The molecule has 0 aliphatic carbocycles. The van der Waals surface area contributed by atoms with E-state index in [0.29, 0.717) is 12.6 Å². The molecule has 0 atom stereocenters. The number of nitrogens with zero attached hydrogens (tertiary/aromatic N) is 3. The highest BCUT2D eigenvalue weighted by Crippen LogP contribution is 2.19. The first-order valence-electron chi connectivity index (χ1n) is 6.52. The van der Waals surface area contributed by atoms with E-state index in [9.17, 15) is 0 Å². The predicted molar refractivity (Wildman–Crippen MR) is 75.2 cm³/mol. The van der Waals surface area contributed by atoms with E-state index in [-0.39, 0.29) is 0 Å². The second-order valence-corrected chi connectivity index (χ2v) is 4.17. The monoisotopic (exact) mass is 252 g/mol. The molecule has 0 radical (unpaired) electrons. The largest absolute Gasteiger partial charge is 0.383 e. The summed E-state index contributed by atoms with van der Waals surface area (Å²) >= 11 is 0. The average Bonchev–Trinajstić information content (AvgIpc) is 2.43. The SMILES string of the molecule is CCC(CC)N(CCOC)c1cc(NC)ncn1. The number of nitrogens with one attached hydrogen (secondary N) is 1. The third-order valence-corrected chi connectivity index (χ3v) is 3.12. The number of hydrogen-bond acceptors (Lipinski definition) is 5. The Morgan fingerprint density at radius 2 is 2.06 bits per heavy atom. The first-order valence-corrected chi connectivity index (χ1v) is 6.52. The van der Waals surface area contributed by atoms with Crippen molar-refractivity contribution in [1.82, 2.24) is 9.97 Å². The lowest BCUT2D eigenvalue weighted by Gasteiger charge is -2.31. The molecule has 0 amide bonds. The van der Waals surface area contributed by atoms with Crippen molar-refractivity contribution in [1.29, 1.82) is 0 Å².